The molecule has 24 heavy (non-hydrogen) atoms. The van der Waals surface area contributed by atoms with Gasteiger partial charge < -0.3 is 10.6 Å². The average Bonchev–Trinajstić information content (AvgIpc) is 2.59. The Kier molecular flexibility index (Phi) is 7.15. The van der Waals surface area contributed by atoms with Crippen LogP contribution in [0.25, 0.3) is 0 Å². The number of carbonyl (C=O) groups excluding carboxylic acids is 2. The highest BCUT2D eigenvalue weighted by molar-refractivity contribution is 8.00. The minimum Gasteiger partial charge on any atom is -0.352 e. The number of hydrogen-bond acceptors (Lipinski definition) is 3. The average molecular weight is 363 g/mol. The monoisotopic (exact) mass is 362 g/mol. The van der Waals surface area contributed by atoms with Crippen LogP contribution in [0, 0.1) is 0 Å². The Bertz CT molecular complexity index is 722. The molecule has 0 aliphatic carbocycles. The Balaban J connectivity index is 1.92. The smallest absolute Gasteiger partial charge is 0.251 e. The van der Waals surface area contributed by atoms with Crippen LogP contribution in [-0.4, -0.2) is 24.1 Å². The molecule has 2 rings (SSSR count). The third kappa shape index (κ3) is 5.58. The van der Waals surface area contributed by atoms with E-state index < -0.39 is 0 Å². The van der Waals surface area contributed by atoms with Crippen molar-refractivity contribution in [3.63, 3.8) is 0 Å². The summed E-state index contributed by atoms with van der Waals surface area (Å²) in [5.41, 5.74) is 1.13. The minimum atomic E-state index is -0.147. The fraction of sp³-hybridized carbons (Fsp3) is 0.222. The highest BCUT2D eigenvalue weighted by atomic mass is 35.5. The maximum absolute atomic E-state index is 12.1. The number of carbonyl (C=O) groups is 2. The molecule has 2 amide bonds. The summed E-state index contributed by atoms with van der Waals surface area (Å²) in [4.78, 5) is 24.9. The molecule has 0 saturated heterocycles. The van der Waals surface area contributed by atoms with E-state index in [1.165, 1.54) is 11.8 Å². The maximum atomic E-state index is 12.1. The molecular weight excluding hydrogens is 344 g/mol. The Morgan fingerprint density at radius 3 is 2.67 bits per heavy atom. The molecule has 126 valence electrons. The first-order valence-corrected chi connectivity index (χ1v) is 9.02. The highest BCUT2D eigenvalue weighted by Gasteiger charge is 2.09. The lowest BCUT2D eigenvalue weighted by Gasteiger charge is -2.08. The molecule has 0 aromatic heterocycles. The lowest BCUT2D eigenvalue weighted by atomic mass is 10.2. The van der Waals surface area contributed by atoms with E-state index >= 15 is 0 Å². The van der Waals surface area contributed by atoms with Crippen molar-refractivity contribution in [2.75, 3.05) is 17.6 Å². The second kappa shape index (κ2) is 9.35. The van der Waals surface area contributed by atoms with Crippen molar-refractivity contribution in [1.82, 2.24) is 5.32 Å². The largest absolute Gasteiger partial charge is 0.352 e. The molecule has 0 aliphatic heterocycles. The lowest BCUT2D eigenvalue weighted by molar-refractivity contribution is -0.113. The van der Waals surface area contributed by atoms with Crippen molar-refractivity contribution in [2.24, 2.45) is 0 Å². The summed E-state index contributed by atoms with van der Waals surface area (Å²) < 4.78 is 0. The zero-order chi connectivity index (χ0) is 17.4. The SMILES string of the molecule is CCCNC(=O)c1cccc(NC(=O)CSc2ccccc2Cl)c1. The number of anilines is 1. The fourth-order valence-electron chi connectivity index (χ4n) is 1.98. The predicted octanol–water partition coefficient (Wildman–Crippen LogP) is 4.21. The first-order chi connectivity index (χ1) is 11.6. The van der Waals surface area contributed by atoms with Crippen molar-refractivity contribution in [3.8, 4) is 0 Å². The summed E-state index contributed by atoms with van der Waals surface area (Å²) in [6.07, 6.45) is 0.876. The molecule has 0 bridgehead atoms. The Hall–Kier alpha value is -1.98. The van der Waals surface area contributed by atoms with E-state index in [-0.39, 0.29) is 17.6 Å². The molecule has 4 nitrogen and oxygen atoms in total. The number of benzene rings is 2. The van der Waals surface area contributed by atoms with E-state index in [0.717, 1.165) is 11.3 Å². The number of amides is 2. The zero-order valence-corrected chi connectivity index (χ0v) is 14.9. The molecule has 2 aromatic carbocycles. The molecule has 0 aliphatic rings. The van der Waals surface area contributed by atoms with Crippen molar-refractivity contribution in [3.05, 3.63) is 59.1 Å². The second-order valence-corrected chi connectivity index (χ2v) is 6.53. The van der Waals surface area contributed by atoms with Crippen molar-refractivity contribution in [2.45, 2.75) is 18.2 Å². The highest BCUT2D eigenvalue weighted by Crippen LogP contribution is 2.26. The molecule has 0 unspecified atom stereocenters. The first kappa shape index (κ1) is 18.4. The predicted molar refractivity (Wildman–Crippen MR) is 99.9 cm³/mol. The van der Waals surface area contributed by atoms with E-state index in [1.54, 1.807) is 30.3 Å². The molecule has 0 heterocycles. The van der Waals surface area contributed by atoms with Gasteiger partial charge in [0.05, 0.1) is 10.8 Å². The van der Waals surface area contributed by atoms with Gasteiger partial charge in [-0.15, -0.1) is 11.8 Å². The van der Waals surface area contributed by atoms with Gasteiger partial charge >= 0.3 is 0 Å². The van der Waals surface area contributed by atoms with E-state index in [9.17, 15) is 9.59 Å². The van der Waals surface area contributed by atoms with Gasteiger partial charge in [-0.05, 0) is 36.8 Å². The van der Waals surface area contributed by atoms with Gasteiger partial charge in [0.1, 0.15) is 0 Å². The molecular formula is C18H19ClN2O2S. The summed E-state index contributed by atoms with van der Waals surface area (Å²) in [5.74, 6) is -0.0415. The quantitative estimate of drug-likeness (QED) is 0.725. The van der Waals surface area contributed by atoms with Crippen LogP contribution >= 0.6 is 23.4 Å². The molecule has 0 spiro atoms. The third-order valence-corrected chi connectivity index (χ3v) is 4.65. The van der Waals surface area contributed by atoms with Crippen molar-refractivity contribution >= 4 is 40.9 Å². The zero-order valence-electron chi connectivity index (χ0n) is 13.3. The fourth-order valence-corrected chi connectivity index (χ4v) is 3.02. The number of thioether (sulfide) groups is 1. The summed E-state index contributed by atoms with van der Waals surface area (Å²) in [6, 6.07) is 14.3. The number of nitrogens with one attached hydrogen (secondary N) is 2. The van der Waals surface area contributed by atoms with Gasteiger partial charge in [-0.2, -0.15) is 0 Å². The van der Waals surface area contributed by atoms with Crippen molar-refractivity contribution in [1.29, 1.82) is 0 Å². The van der Waals surface area contributed by atoms with E-state index in [1.807, 2.05) is 25.1 Å². The van der Waals surface area contributed by atoms with Gasteiger partial charge in [0, 0.05) is 22.7 Å². The van der Waals surface area contributed by atoms with Gasteiger partial charge in [-0.3, -0.25) is 9.59 Å². The maximum Gasteiger partial charge on any atom is 0.251 e. The van der Waals surface area contributed by atoms with Crippen molar-refractivity contribution < 1.29 is 9.59 Å². The van der Waals surface area contributed by atoms with Gasteiger partial charge in [0.25, 0.3) is 5.91 Å². The van der Waals surface area contributed by atoms with Gasteiger partial charge in [-0.1, -0.05) is 36.7 Å². The molecule has 0 radical (unpaired) electrons. The molecule has 6 heteroatoms. The topological polar surface area (TPSA) is 58.2 Å². The van der Waals surface area contributed by atoms with Gasteiger partial charge in [-0.25, -0.2) is 0 Å². The first-order valence-electron chi connectivity index (χ1n) is 7.65. The Morgan fingerprint density at radius 2 is 1.92 bits per heavy atom. The van der Waals surface area contributed by atoms with Crippen LogP contribution in [0.2, 0.25) is 5.02 Å². The molecule has 0 saturated carbocycles. The normalized spacial score (nSPS) is 10.2. The molecule has 0 atom stereocenters. The Morgan fingerprint density at radius 1 is 1.12 bits per heavy atom. The molecule has 0 fully saturated rings. The van der Waals surface area contributed by atoms with Gasteiger partial charge in [0.15, 0.2) is 0 Å². The minimum absolute atomic E-state index is 0.140. The van der Waals surface area contributed by atoms with Crippen LogP contribution in [-0.2, 0) is 4.79 Å². The van der Waals surface area contributed by atoms with E-state index in [2.05, 4.69) is 10.6 Å². The van der Waals surface area contributed by atoms with Crippen LogP contribution in [0.15, 0.2) is 53.4 Å². The van der Waals surface area contributed by atoms with E-state index in [0.29, 0.717) is 22.8 Å². The van der Waals surface area contributed by atoms with Crippen LogP contribution in [0.4, 0.5) is 5.69 Å². The van der Waals surface area contributed by atoms with Crippen LogP contribution < -0.4 is 10.6 Å². The Labute approximate surface area is 151 Å². The third-order valence-electron chi connectivity index (χ3n) is 3.14. The van der Waals surface area contributed by atoms with Crippen LogP contribution in [0.5, 0.6) is 0 Å². The summed E-state index contributed by atoms with van der Waals surface area (Å²) in [6.45, 7) is 2.62. The van der Waals surface area contributed by atoms with E-state index in [4.69, 9.17) is 11.6 Å². The second-order valence-electron chi connectivity index (χ2n) is 5.10. The summed E-state index contributed by atoms with van der Waals surface area (Å²) in [5, 5.41) is 6.24. The number of hydrogen-bond donors (Lipinski definition) is 2. The van der Waals surface area contributed by atoms with Crippen LogP contribution in [0.1, 0.15) is 23.7 Å². The number of halogens is 1. The summed E-state index contributed by atoms with van der Waals surface area (Å²) >= 11 is 7.44. The van der Waals surface area contributed by atoms with Gasteiger partial charge in [0.2, 0.25) is 5.91 Å². The van der Waals surface area contributed by atoms with Crippen LogP contribution in [0.3, 0.4) is 0 Å². The number of rotatable bonds is 7. The molecule has 2 aromatic rings. The standard InChI is InChI=1S/C18H19ClN2O2S/c1-2-10-20-18(23)13-6-5-7-14(11-13)21-17(22)12-24-16-9-4-3-8-15(16)19/h3-9,11H,2,10,12H2,1H3,(H,20,23)(H,21,22). The summed E-state index contributed by atoms with van der Waals surface area (Å²) in [7, 11) is 0. The lowest BCUT2D eigenvalue weighted by Crippen LogP contribution is -2.24. The molecule has 2 N–H and O–H groups in total.